The van der Waals surface area contributed by atoms with E-state index >= 15 is 0 Å². The second-order valence-corrected chi connectivity index (χ2v) is 4.29. The van der Waals surface area contributed by atoms with Crippen LogP contribution in [-0.4, -0.2) is 21.2 Å². The first-order valence-corrected chi connectivity index (χ1v) is 5.43. The average molecular weight is 224 g/mol. The van der Waals surface area contributed by atoms with Crippen LogP contribution in [0.1, 0.15) is 12.7 Å². The van der Waals surface area contributed by atoms with Crippen molar-refractivity contribution >= 4 is 11.8 Å². The fourth-order valence-electron chi connectivity index (χ4n) is 1.18. The molecule has 0 aliphatic rings. The van der Waals surface area contributed by atoms with Crippen molar-refractivity contribution in [3.63, 3.8) is 0 Å². The van der Waals surface area contributed by atoms with Crippen LogP contribution in [0.25, 0.3) is 0 Å². The van der Waals surface area contributed by atoms with Crippen LogP contribution in [0.3, 0.4) is 0 Å². The lowest BCUT2D eigenvalue weighted by Gasteiger charge is -1.99. The van der Waals surface area contributed by atoms with Crippen molar-refractivity contribution in [3.8, 4) is 0 Å². The van der Waals surface area contributed by atoms with E-state index in [2.05, 4.69) is 15.2 Å². The molecule has 0 radical (unpaired) electrons. The number of nitrogens with two attached hydrogens (primary N) is 1. The summed E-state index contributed by atoms with van der Waals surface area (Å²) < 4.78 is 5.56. The Morgan fingerprint density at radius 1 is 1.60 bits per heavy atom. The van der Waals surface area contributed by atoms with Crippen molar-refractivity contribution in [3.05, 3.63) is 24.2 Å². The summed E-state index contributed by atoms with van der Waals surface area (Å²) in [5.41, 5.74) is 5.67. The molecular formula is C9H12N4OS. The Hall–Kier alpha value is -1.27. The molecule has 15 heavy (non-hydrogen) atoms. The number of aromatic amines is 1. The maximum Gasteiger partial charge on any atom is 0.191 e. The molecule has 0 aliphatic carbocycles. The molecule has 0 bridgehead atoms. The molecule has 80 valence electrons. The fraction of sp³-hybridized carbons (Fsp3) is 0.333. The number of H-pyrrole nitrogens is 1. The first-order chi connectivity index (χ1) is 7.24. The van der Waals surface area contributed by atoms with E-state index in [-0.39, 0.29) is 6.04 Å². The average Bonchev–Trinajstić information content (AvgIpc) is 2.77. The largest absolute Gasteiger partial charge is 0.454 e. The van der Waals surface area contributed by atoms with E-state index in [0.717, 1.165) is 22.4 Å². The summed E-state index contributed by atoms with van der Waals surface area (Å²) in [5.74, 6) is 0.895. The Kier molecular flexibility index (Phi) is 3.08. The molecule has 2 rings (SSSR count). The molecular weight excluding hydrogens is 212 g/mol. The van der Waals surface area contributed by atoms with Crippen molar-refractivity contribution in [1.82, 2.24) is 15.2 Å². The number of hydrogen-bond donors (Lipinski definition) is 2. The molecule has 3 N–H and O–H groups in total. The van der Waals surface area contributed by atoms with Crippen LogP contribution in [0.5, 0.6) is 0 Å². The minimum atomic E-state index is 0.110. The molecule has 1 atom stereocenters. The molecule has 0 saturated carbocycles. The van der Waals surface area contributed by atoms with E-state index in [9.17, 15) is 0 Å². The molecule has 2 heterocycles. The number of nitrogens with one attached hydrogen (secondary N) is 1. The van der Waals surface area contributed by atoms with Gasteiger partial charge in [-0.25, -0.2) is 4.98 Å². The standard InChI is InChI=1S/C9H12N4OS/c1-6(10)4-7-2-3-8(14-7)15-9-11-5-12-13-9/h2-3,5-6H,4,10H2,1H3,(H,11,12,13). The third-order valence-electron chi connectivity index (χ3n) is 1.75. The van der Waals surface area contributed by atoms with Crippen LogP contribution >= 0.6 is 11.8 Å². The lowest BCUT2D eigenvalue weighted by atomic mass is 10.2. The van der Waals surface area contributed by atoms with E-state index < -0.39 is 0 Å². The summed E-state index contributed by atoms with van der Waals surface area (Å²) in [7, 11) is 0. The van der Waals surface area contributed by atoms with E-state index in [1.165, 1.54) is 18.1 Å². The molecule has 2 aromatic rings. The van der Waals surface area contributed by atoms with Crippen LogP contribution in [0.4, 0.5) is 0 Å². The summed E-state index contributed by atoms with van der Waals surface area (Å²) in [6.45, 7) is 1.95. The number of furan rings is 1. The first-order valence-electron chi connectivity index (χ1n) is 4.61. The Morgan fingerprint density at radius 3 is 3.13 bits per heavy atom. The highest BCUT2D eigenvalue weighted by Gasteiger charge is 2.07. The van der Waals surface area contributed by atoms with Gasteiger partial charge in [-0.2, -0.15) is 5.10 Å². The lowest BCUT2D eigenvalue weighted by Crippen LogP contribution is -2.17. The third kappa shape index (κ3) is 2.84. The first kappa shape index (κ1) is 10.3. The van der Waals surface area contributed by atoms with Crippen LogP contribution in [-0.2, 0) is 6.42 Å². The van der Waals surface area contributed by atoms with Crippen LogP contribution in [0, 0.1) is 0 Å². The maximum absolute atomic E-state index is 5.67. The molecule has 0 fully saturated rings. The van der Waals surface area contributed by atoms with Gasteiger partial charge in [-0.05, 0) is 30.8 Å². The van der Waals surface area contributed by atoms with Crippen molar-refractivity contribution in [2.45, 2.75) is 29.6 Å². The van der Waals surface area contributed by atoms with Gasteiger partial charge in [0.2, 0.25) is 0 Å². The topological polar surface area (TPSA) is 80.7 Å². The molecule has 0 amide bonds. The normalized spacial score (nSPS) is 12.9. The van der Waals surface area contributed by atoms with Crippen LogP contribution in [0.2, 0.25) is 0 Å². The summed E-state index contributed by atoms with van der Waals surface area (Å²) in [4.78, 5) is 3.99. The summed E-state index contributed by atoms with van der Waals surface area (Å²) in [5, 5.41) is 8.02. The minimum absolute atomic E-state index is 0.110. The summed E-state index contributed by atoms with van der Waals surface area (Å²) in [6.07, 6.45) is 2.21. The summed E-state index contributed by atoms with van der Waals surface area (Å²) >= 11 is 1.41. The highest BCUT2D eigenvalue weighted by molar-refractivity contribution is 7.99. The second kappa shape index (κ2) is 4.50. The van der Waals surface area contributed by atoms with Crippen molar-refractivity contribution in [2.24, 2.45) is 5.73 Å². The quantitative estimate of drug-likeness (QED) is 0.821. The van der Waals surface area contributed by atoms with E-state index in [0.29, 0.717) is 0 Å². The van der Waals surface area contributed by atoms with Gasteiger partial charge in [0.15, 0.2) is 10.2 Å². The van der Waals surface area contributed by atoms with Gasteiger partial charge in [0, 0.05) is 12.5 Å². The number of nitrogens with zero attached hydrogens (tertiary/aromatic N) is 2. The number of aromatic nitrogens is 3. The Morgan fingerprint density at radius 2 is 2.47 bits per heavy atom. The predicted molar refractivity (Wildman–Crippen MR) is 56.6 cm³/mol. The van der Waals surface area contributed by atoms with Gasteiger partial charge in [0.05, 0.1) is 0 Å². The smallest absolute Gasteiger partial charge is 0.191 e. The molecule has 0 aliphatic heterocycles. The minimum Gasteiger partial charge on any atom is -0.454 e. The second-order valence-electron chi connectivity index (χ2n) is 3.29. The zero-order valence-corrected chi connectivity index (χ0v) is 9.12. The van der Waals surface area contributed by atoms with Gasteiger partial charge >= 0.3 is 0 Å². The molecule has 6 heteroatoms. The molecule has 2 aromatic heterocycles. The number of hydrogen-bond acceptors (Lipinski definition) is 5. The SMILES string of the molecule is CC(N)Cc1ccc(Sc2ncn[nH]2)o1. The molecule has 0 spiro atoms. The monoisotopic (exact) mass is 224 g/mol. The summed E-state index contributed by atoms with van der Waals surface area (Å²) in [6, 6.07) is 3.95. The molecule has 0 aromatic carbocycles. The van der Waals surface area contributed by atoms with E-state index in [1.807, 2.05) is 19.1 Å². The predicted octanol–water partition coefficient (Wildman–Crippen LogP) is 1.44. The van der Waals surface area contributed by atoms with Crippen LogP contribution in [0.15, 0.2) is 33.1 Å². The lowest BCUT2D eigenvalue weighted by molar-refractivity contribution is 0.421. The maximum atomic E-state index is 5.67. The van der Waals surface area contributed by atoms with E-state index in [4.69, 9.17) is 10.2 Å². The van der Waals surface area contributed by atoms with Gasteiger partial charge in [-0.15, -0.1) is 0 Å². The van der Waals surface area contributed by atoms with Crippen molar-refractivity contribution in [2.75, 3.05) is 0 Å². The van der Waals surface area contributed by atoms with Gasteiger partial charge in [-0.3, -0.25) is 5.10 Å². The Labute approximate surface area is 91.5 Å². The third-order valence-corrected chi connectivity index (χ3v) is 2.56. The zero-order valence-electron chi connectivity index (χ0n) is 8.30. The van der Waals surface area contributed by atoms with Crippen LogP contribution < -0.4 is 5.73 Å². The Bertz CT molecular complexity index is 409. The highest BCUT2D eigenvalue weighted by atomic mass is 32.2. The highest BCUT2D eigenvalue weighted by Crippen LogP contribution is 2.26. The van der Waals surface area contributed by atoms with Crippen molar-refractivity contribution < 1.29 is 4.42 Å². The Balaban J connectivity index is 2.01. The fourth-order valence-corrected chi connectivity index (χ4v) is 1.85. The van der Waals surface area contributed by atoms with E-state index in [1.54, 1.807) is 0 Å². The van der Waals surface area contributed by atoms with Gasteiger partial charge < -0.3 is 10.2 Å². The van der Waals surface area contributed by atoms with Gasteiger partial charge in [-0.1, -0.05) is 0 Å². The van der Waals surface area contributed by atoms with Gasteiger partial charge in [0.25, 0.3) is 0 Å². The zero-order chi connectivity index (χ0) is 10.7. The molecule has 0 saturated heterocycles. The number of rotatable bonds is 4. The molecule has 1 unspecified atom stereocenters. The van der Waals surface area contributed by atoms with Crippen molar-refractivity contribution in [1.29, 1.82) is 0 Å². The molecule has 5 nitrogen and oxygen atoms in total. The van der Waals surface area contributed by atoms with Gasteiger partial charge in [0.1, 0.15) is 12.1 Å².